The minimum Gasteiger partial charge on any atom is -0.396 e. The van der Waals surface area contributed by atoms with E-state index >= 15 is 0 Å². The zero-order chi connectivity index (χ0) is 19.4. The van der Waals surface area contributed by atoms with Gasteiger partial charge >= 0.3 is 0 Å². The van der Waals surface area contributed by atoms with E-state index in [9.17, 15) is 5.11 Å². The number of benzene rings is 1. The molecule has 2 fully saturated rings. The first kappa shape index (κ1) is 20.8. The number of aliphatic hydroxyl groups is 1. The van der Waals surface area contributed by atoms with Crippen LogP contribution in [0.15, 0.2) is 18.2 Å². The molecule has 2 aliphatic heterocycles. The van der Waals surface area contributed by atoms with Crippen LogP contribution in [0, 0.1) is 13.8 Å². The van der Waals surface area contributed by atoms with Crippen molar-refractivity contribution in [3.05, 3.63) is 34.9 Å². The predicted molar refractivity (Wildman–Crippen MR) is 113 cm³/mol. The van der Waals surface area contributed by atoms with Crippen molar-refractivity contribution in [3.8, 4) is 0 Å². The van der Waals surface area contributed by atoms with Crippen molar-refractivity contribution in [1.29, 1.82) is 0 Å². The van der Waals surface area contributed by atoms with Crippen LogP contribution in [0.5, 0.6) is 0 Å². The van der Waals surface area contributed by atoms with Gasteiger partial charge in [-0.1, -0.05) is 29.3 Å². The van der Waals surface area contributed by atoms with Crippen LogP contribution in [0.2, 0.25) is 0 Å². The van der Waals surface area contributed by atoms with Crippen LogP contribution in [0.4, 0.5) is 0 Å². The number of rotatable bonds is 6. The molecule has 0 radical (unpaired) electrons. The fraction of sp³-hybridized carbons (Fsp3) is 0.739. The predicted octanol–water partition coefficient (Wildman–Crippen LogP) is 3.04. The van der Waals surface area contributed by atoms with E-state index in [-0.39, 0.29) is 0 Å². The van der Waals surface area contributed by atoms with Gasteiger partial charge in [-0.25, -0.2) is 0 Å². The van der Waals surface area contributed by atoms with Crippen molar-refractivity contribution in [2.45, 2.75) is 71.6 Å². The smallest absolute Gasteiger partial charge is 0.0446 e. The van der Waals surface area contributed by atoms with Gasteiger partial charge < -0.3 is 10.0 Å². The van der Waals surface area contributed by atoms with Gasteiger partial charge in [0.25, 0.3) is 0 Å². The van der Waals surface area contributed by atoms with Gasteiger partial charge in [0, 0.05) is 50.9 Å². The molecular formula is C23H39N3O. The van der Waals surface area contributed by atoms with E-state index in [0.717, 1.165) is 32.6 Å². The summed E-state index contributed by atoms with van der Waals surface area (Å²) in [5.41, 5.74) is 4.13. The molecule has 2 heterocycles. The van der Waals surface area contributed by atoms with Gasteiger partial charge in [-0.05, 0) is 65.6 Å². The van der Waals surface area contributed by atoms with Crippen LogP contribution < -0.4 is 0 Å². The monoisotopic (exact) mass is 373 g/mol. The number of likely N-dealkylation sites (tertiary alicyclic amines) is 1. The summed E-state index contributed by atoms with van der Waals surface area (Å²) in [5, 5.41) is 9.64. The fourth-order valence-corrected chi connectivity index (χ4v) is 5.12. The SMILES string of the molecule is Cc1cc(C)cc(CN2CCN(C3CCN(C(C)C)CC3)[C@H](CCO)C2)c1. The molecule has 0 aromatic heterocycles. The number of hydrogen-bond acceptors (Lipinski definition) is 4. The van der Waals surface area contributed by atoms with Crippen LogP contribution in [0.3, 0.4) is 0 Å². The number of nitrogens with zero attached hydrogens (tertiary/aromatic N) is 3. The average molecular weight is 374 g/mol. The van der Waals surface area contributed by atoms with Crippen LogP contribution in [0.25, 0.3) is 0 Å². The van der Waals surface area contributed by atoms with Gasteiger partial charge in [-0.3, -0.25) is 9.80 Å². The zero-order valence-corrected chi connectivity index (χ0v) is 17.8. The maximum absolute atomic E-state index is 9.64. The Bertz CT molecular complexity index is 575. The van der Waals surface area contributed by atoms with Crippen LogP contribution in [-0.4, -0.2) is 77.3 Å². The highest BCUT2D eigenvalue weighted by Gasteiger charge is 2.33. The maximum Gasteiger partial charge on any atom is 0.0446 e. The van der Waals surface area contributed by atoms with Crippen LogP contribution in [-0.2, 0) is 6.54 Å². The molecule has 4 heteroatoms. The molecule has 0 saturated carbocycles. The van der Waals surface area contributed by atoms with Gasteiger partial charge in [0.1, 0.15) is 0 Å². The third-order valence-corrected chi connectivity index (χ3v) is 6.46. The molecule has 0 amide bonds. The molecule has 1 N–H and O–H groups in total. The summed E-state index contributed by atoms with van der Waals surface area (Å²) in [6.45, 7) is 16.1. The first-order chi connectivity index (χ1) is 13.0. The Morgan fingerprint density at radius 2 is 1.67 bits per heavy atom. The van der Waals surface area contributed by atoms with Gasteiger partial charge in [0.05, 0.1) is 0 Å². The molecular weight excluding hydrogens is 334 g/mol. The van der Waals surface area contributed by atoms with E-state index in [1.54, 1.807) is 0 Å². The Kier molecular flexibility index (Phi) is 7.32. The summed E-state index contributed by atoms with van der Waals surface area (Å²) >= 11 is 0. The van der Waals surface area contributed by atoms with Crippen LogP contribution >= 0.6 is 0 Å². The number of piperidine rings is 1. The van der Waals surface area contributed by atoms with E-state index in [4.69, 9.17) is 0 Å². The first-order valence-corrected chi connectivity index (χ1v) is 10.9. The minimum absolute atomic E-state index is 0.295. The standard InChI is InChI=1S/C23H39N3O/c1-18(2)25-8-5-22(6-9-25)26-11-10-24(17-23(26)7-12-27)16-21-14-19(3)13-20(4)15-21/h13-15,18,22-23,27H,5-12,16-17H2,1-4H3/t23-/m1/s1. The summed E-state index contributed by atoms with van der Waals surface area (Å²) in [6.07, 6.45) is 3.45. The molecule has 152 valence electrons. The summed E-state index contributed by atoms with van der Waals surface area (Å²) in [7, 11) is 0. The van der Waals surface area contributed by atoms with Crippen LogP contribution in [0.1, 0.15) is 49.8 Å². The second-order valence-corrected chi connectivity index (χ2v) is 9.00. The second-order valence-electron chi connectivity index (χ2n) is 9.00. The molecule has 2 aliphatic rings. The normalized spacial score (nSPS) is 24.0. The summed E-state index contributed by atoms with van der Waals surface area (Å²) in [5.74, 6) is 0. The molecule has 0 bridgehead atoms. The van der Waals surface area contributed by atoms with Crippen molar-refractivity contribution >= 4 is 0 Å². The highest BCUT2D eigenvalue weighted by atomic mass is 16.3. The summed E-state index contributed by atoms with van der Waals surface area (Å²) in [6, 6.07) is 8.74. The number of hydrogen-bond donors (Lipinski definition) is 1. The number of aliphatic hydroxyl groups excluding tert-OH is 1. The minimum atomic E-state index is 0.295. The van der Waals surface area contributed by atoms with E-state index in [1.807, 2.05) is 0 Å². The Morgan fingerprint density at radius 3 is 2.26 bits per heavy atom. The third-order valence-electron chi connectivity index (χ3n) is 6.46. The van der Waals surface area contributed by atoms with E-state index in [2.05, 4.69) is 60.6 Å². The lowest BCUT2D eigenvalue weighted by molar-refractivity contribution is -0.0000338. The molecule has 2 saturated heterocycles. The third kappa shape index (κ3) is 5.54. The molecule has 4 nitrogen and oxygen atoms in total. The molecule has 1 aromatic rings. The molecule has 0 aliphatic carbocycles. The topological polar surface area (TPSA) is 30.0 Å². The Balaban J connectivity index is 1.59. The Labute approximate surface area is 166 Å². The molecule has 0 spiro atoms. The van der Waals surface area contributed by atoms with E-state index in [1.165, 1.54) is 42.6 Å². The highest BCUT2D eigenvalue weighted by molar-refractivity contribution is 5.28. The molecule has 3 rings (SSSR count). The van der Waals surface area contributed by atoms with Gasteiger partial charge in [-0.2, -0.15) is 0 Å². The second kappa shape index (κ2) is 9.51. The van der Waals surface area contributed by atoms with Crippen molar-refractivity contribution in [3.63, 3.8) is 0 Å². The fourth-order valence-electron chi connectivity index (χ4n) is 5.12. The first-order valence-electron chi connectivity index (χ1n) is 10.9. The van der Waals surface area contributed by atoms with Crippen molar-refractivity contribution < 1.29 is 5.11 Å². The Morgan fingerprint density at radius 1 is 1.00 bits per heavy atom. The maximum atomic E-state index is 9.64. The lowest BCUT2D eigenvalue weighted by atomic mass is 9.97. The van der Waals surface area contributed by atoms with E-state index < -0.39 is 0 Å². The molecule has 27 heavy (non-hydrogen) atoms. The Hall–Kier alpha value is -0.940. The lowest BCUT2D eigenvalue weighted by Crippen LogP contribution is -2.58. The number of aryl methyl sites for hydroxylation is 2. The van der Waals surface area contributed by atoms with Crippen molar-refractivity contribution in [1.82, 2.24) is 14.7 Å². The molecule has 0 unspecified atom stereocenters. The number of piperazine rings is 1. The lowest BCUT2D eigenvalue weighted by Gasteiger charge is -2.48. The van der Waals surface area contributed by atoms with Crippen molar-refractivity contribution in [2.75, 3.05) is 39.3 Å². The van der Waals surface area contributed by atoms with Crippen molar-refractivity contribution in [2.24, 2.45) is 0 Å². The summed E-state index contributed by atoms with van der Waals surface area (Å²) in [4.78, 5) is 7.92. The largest absolute Gasteiger partial charge is 0.396 e. The van der Waals surface area contributed by atoms with Gasteiger partial charge in [-0.15, -0.1) is 0 Å². The average Bonchev–Trinajstić information content (AvgIpc) is 2.61. The summed E-state index contributed by atoms with van der Waals surface area (Å²) < 4.78 is 0. The van der Waals surface area contributed by atoms with Gasteiger partial charge in [0.15, 0.2) is 0 Å². The zero-order valence-electron chi connectivity index (χ0n) is 17.8. The molecule has 1 atom stereocenters. The van der Waals surface area contributed by atoms with E-state index in [0.29, 0.717) is 24.7 Å². The quantitative estimate of drug-likeness (QED) is 0.830. The highest BCUT2D eigenvalue weighted by Crippen LogP contribution is 2.25. The molecule has 1 aromatic carbocycles. The van der Waals surface area contributed by atoms with Gasteiger partial charge in [0.2, 0.25) is 0 Å².